The Morgan fingerprint density at radius 2 is 1.04 bits per heavy atom. The van der Waals surface area contributed by atoms with Crippen molar-refractivity contribution in [3.05, 3.63) is 83.4 Å². The molecule has 2 amide bonds. The van der Waals surface area contributed by atoms with E-state index in [1.807, 2.05) is 35.2 Å². The van der Waals surface area contributed by atoms with Gasteiger partial charge in [-0.15, -0.1) is 0 Å². The zero-order valence-corrected chi connectivity index (χ0v) is 31.0. The molecule has 0 saturated carbocycles. The summed E-state index contributed by atoms with van der Waals surface area (Å²) in [5, 5.41) is 0. The van der Waals surface area contributed by atoms with Crippen molar-refractivity contribution < 1.29 is 52.3 Å². The summed E-state index contributed by atoms with van der Waals surface area (Å²) in [6, 6.07) is 19.6. The van der Waals surface area contributed by atoms with Crippen molar-refractivity contribution in [1.82, 2.24) is 9.80 Å². The van der Waals surface area contributed by atoms with Gasteiger partial charge in [-0.1, -0.05) is 24.3 Å². The molecule has 0 spiro atoms. The lowest BCUT2D eigenvalue weighted by Gasteiger charge is -2.28. The fraction of sp³-hybridized carbons (Fsp3) is 0.475. The first kappa shape index (κ1) is 40.5. The molecule has 6 rings (SSSR count). The summed E-state index contributed by atoms with van der Waals surface area (Å²) in [6.45, 7) is 5.66. The second-order valence-corrected chi connectivity index (χ2v) is 12.4. The lowest BCUT2D eigenvalue weighted by molar-refractivity contribution is 0.00879. The molecule has 3 aromatic carbocycles. The number of ether oxygens (including phenoxy) is 8. The number of amides is 2. The number of hydrogen-bond acceptors (Lipinski definition) is 12. The number of rotatable bonds is 6. The van der Waals surface area contributed by atoms with Gasteiger partial charge < -0.3 is 52.6 Å². The number of aldehydes is 1. The molecule has 3 aliphatic heterocycles. The molecule has 14 nitrogen and oxygen atoms in total. The highest BCUT2D eigenvalue weighted by atomic mass is 16.5. The van der Waals surface area contributed by atoms with Gasteiger partial charge >= 0.3 is 0 Å². The standard InChI is InChI=1S/C40H51N3O11/c1-47-24-29-54-38-30-32(31-44)10-11-35(38)41-16-22-52-36-8-4-2-6-33(36)39(45)42-12-18-48-25-27-50-20-14-43(15-21-51-28-26-49-19-13-42)40(46)34-7-3-5-9-37(34)53-23-17-41/h2-11,30-31H,12-29H2,1H3. The molecule has 2 bridgehead atoms. The number of fused-ring (bicyclic) bond motifs is 20. The minimum Gasteiger partial charge on any atom is -0.491 e. The van der Waals surface area contributed by atoms with E-state index in [2.05, 4.69) is 0 Å². The third-order valence-corrected chi connectivity index (χ3v) is 8.82. The quantitative estimate of drug-likeness (QED) is 0.208. The van der Waals surface area contributed by atoms with Crippen molar-refractivity contribution in [2.45, 2.75) is 0 Å². The highest BCUT2D eigenvalue weighted by Crippen LogP contribution is 2.30. The van der Waals surface area contributed by atoms with Crippen LogP contribution in [0.15, 0.2) is 66.7 Å². The van der Waals surface area contributed by atoms with E-state index < -0.39 is 0 Å². The maximum Gasteiger partial charge on any atom is 0.257 e. The summed E-state index contributed by atoms with van der Waals surface area (Å²) in [7, 11) is 1.59. The number of para-hydroxylation sites is 2. The van der Waals surface area contributed by atoms with Gasteiger partial charge in [-0.25, -0.2) is 0 Å². The van der Waals surface area contributed by atoms with Crippen LogP contribution in [0.25, 0.3) is 0 Å². The molecule has 3 aliphatic rings. The Morgan fingerprint density at radius 1 is 0.574 bits per heavy atom. The Balaban J connectivity index is 1.48. The Labute approximate surface area is 316 Å². The third kappa shape index (κ3) is 12.1. The first-order valence-electron chi connectivity index (χ1n) is 18.4. The van der Waals surface area contributed by atoms with E-state index in [-0.39, 0.29) is 31.6 Å². The number of carbonyl (C=O) groups excluding carboxylic acids is 3. The highest BCUT2D eigenvalue weighted by molar-refractivity contribution is 5.97. The van der Waals surface area contributed by atoms with Crippen molar-refractivity contribution in [1.29, 1.82) is 0 Å². The SMILES string of the molecule is COCCOc1cc(C=O)ccc1N1CCOc2ccccc2C(=O)N2CCOCCOCCN(CCOCCOCC2)C(=O)c2ccccc2OCC1. The largest absolute Gasteiger partial charge is 0.491 e. The van der Waals surface area contributed by atoms with E-state index in [1.54, 1.807) is 53.3 Å². The van der Waals surface area contributed by atoms with Crippen LogP contribution in [0.2, 0.25) is 0 Å². The van der Waals surface area contributed by atoms with Gasteiger partial charge in [0.2, 0.25) is 0 Å². The summed E-state index contributed by atoms with van der Waals surface area (Å²) in [5.41, 5.74) is 2.02. The van der Waals surface area contributed by atoms with E-state index in [9.17, 15) is 14.4 Å². The van der Waals surface area contributed by atoms with Crippen LogP contribution >= 0.6 is 0 Å². The first-order chi connectivity index (χ1) is 26.6. The minimum atomic E-state index is -0.204. The summed E-state index contributed by atoms with van der Waals surface area (Å²) >= 11 is 0. The van der Waals surface area contributed by atoms with Crippen LogP contribution in [0.1, 0.15) is 31.1 Å². The average molecular weight is 750 g/mol. The van der Waals surface area contributed by atoms with Crippen molar-refractivity contribution in [2.75, 3.05) is 131 Å². The molecular weight excluding hydrogens is 698 g/mol. The number of anilines is 1. The topological polar surface area (TPSA) is 135 Å². The fourth-order valence-corrected chi connectivity index (χ4v) is 5.95. The maximum absolute atomic E-state index is 14.0. The minimum absolute atomic E-state index is 0.202. The number of benzene rings is 3. The molecule has 1 fully saturated rings. The highest BCUT2D eigenvalue weighted by Gasteiger charge is 2.23. The average Bonchev–Trinajstić information content (AvgIpc) is 3.20. The summed E-state index contributed by atoms with van der Waals surface area (Å²) in [6.07, 6.45) is 0.767. The molecule has 1 saturated heterocycles. The first-order valence-corrected chi connectivity index (χ1v) is 18.4. The lowest BCUT2D eigenvalue weighted by Crippen LogP contribution is -2.38. The van der Waals surface area contributed by atoms with E-state index in [0.717, 1.165) is 6.29 Å². The zero-order chi connectivity index (χ0) is 37.8. The zero-order valence-electron chi connectivity index (χ0n) is 31.0. The van der Waals surface area contributed by atoms with E-state index in [0.29, 0.717) is 138 Å². The van der Waals surface area contributed by atoms with E-state index in [4.69, 9.17) is 37.9 Å². The van der Waals surface area contributed by atoms with Crippen molar-refractivity contribution in [3.8, 4) is 17.2 Å². The predicted molar refractivity (Wildman–Crippen MR) is 200 cm³/mol. The van der Waals surface area contributed by atoms with Crippen LogP contribution in [0.3, 0.4) is 0 Å². The number of nitrogens with zero attached hydrogens (tertiary/aromatic N) is 3. The van der Waals surface area contributed by atoms with Crippen LogP contribution in [0.5, 0.6) is 17.2 Å². The van der Waals surface area contributed by atoms with Gasteiger partial charge in [-0.3, -0.25) is 14.4 Å². The summed E-state index contributed by atoms with van der Waals surface area (Å²) in [4.78, 5) is 45.1. The molecular formula is C40H51N3O11. The van der Waals surface area contributed by atoms with Crippen molar-refractivity contribution in [3.63, 3.8) is 0 Å². The Morgan fingerprint density at radius 3 is 1.50 bits per heavy atom. The normalized spacial score (nSPS) is 17.9. The maximum atomic E-state index is 14.0. The molecule has 0 unspecified atom stereocenters. The monoisotopic (exact) mass is 749 g/mol. The number of hydrogen-bond donors (Lipinski definition) is 0. The van der Waals surface area contributed by atoms with Gasteiger partial charge in [0.15, 0.2) is 0 Å². The van der Waals surface area contributed by atoms with Gasteiger partial charge in [0.25, 0.3) is 11.8 Å². The Kier molecular flexibility index (Phi) is 16.8. The van der Waals surface area contributed by atoms with Crippen LogP contribution in [0, 0.1) is 0 Å². The van der Waals surface area contributed by atoms with E-state index >= 15 is 0 Å². The fourth-order valence-electron chi connectivity index (χ4n) is 5.95. The Hall–Kier alpha value is -4.73. The Bertz CT molecular complexity index is 1520. The molecule has 3 heterocycles. The van der Waals surface area contributed by atoms with Gasteiger partial charge in [0, 0.05) is 38.9 Å². The second-order valence-electron chi connectivity index (χ2n) is 12.4. The van der Waals surface area contributed by atoms with Gasteiger partial charge in [-0.05, 0) is 42.5 Å². The van der Waals surface area contributed by atoms with Crippen LogP contribution in [-0.2, 0) is 23.7 Å². The molecule has 0 aromatic heterocycles. The summed E-state index contributed by atoms with van der Waals surface area (Å²) in [5.74, 6) is 0.968. The van der Waals surface area contributed by atoms with Crippen LogP contribution < -0.4 is 19.1 Å². The smallest absolute Gasteiger partial charge is 0.257 e. The van der Waals surface area contributed by atoms with Crippen LogP contribution in [0.4, 0.5) is 5.69 Å². The molecule has 3 aromatic rings. The summed E-state index contributed by atoms with van der Waals surface area (Å²) < 4.78 is 47.3. The van der Waals surface area contributed by atoms with Gasteiger partial charge in [0.05, 0.1) is 89.4 Å². The van der Waals surface area contributed by atoms with Crippen LogP contribution in [-0.4, -0.2) is 154 Å². The molecule has 0 atom stereocenters. The third-order valence-electron chi connectivity index (χ3n) is 8.82. The number of methoxy groups -OCH3 is 1. The van der Waals surface area contributed by atoms with Crippen molar-refractivity contribution in [2.24, 2.45) is 0 Å². The predicted octanol–water partition coefficient (Wildman–Crippen LogP) is 3.47. The van der Waals surface area contributed by atoms with E-state index in [1.165, 1.54) is 0 Å². The van der Waals surface area contributed by atoms with Crippen molar-refractivity contribution >= 4 is 23.8 Å². The molecule has 54 heavy (non-hydrogen) atoms. The number of carbonyl (C=O) groups is 3. The molecule has 0 radical (unpaired) electrons. The molecule has 0 N–H and O–H groups in total. The molecule has 0 aliphatic carbocycles. The molecule has 292 valence electrons. The van der Waals surface area contributed by atoms with Gasteiger partial charge in [0.1, 0.15) is 43.4 Å². The molecule has 14 heteroatoms. The lowest BCUT2D eigenvalue weighted by atomic mass is 10.1. The van der Waals surface area contributed by atoms with Gasteiger partial charge in [-0.2, -0.15) is 0 Å². The second kappa shape index (κ2) is 22.5.